The van der Waals surface area contributed by atoms with Gasteiger partial charge in [0, 0.05) is 24.3 Å². The third kappa shape index (κ3) is 2.25. The Bertz CT molecular complexity index is 726. The quantitative estimate of drug-likeness (QED) is 0.711. The molecule has 0 radical (unpaired) electrons. The normalized spacial score (nSPS) is 51.9. The van der Waals surface area contributed by atoms with Crippen LogP contribution in [0.25, 0.3) is 0 Å². The lowest BCUT2D eigenvalue weighted by Crippen LogP contribution is -2.62. The Morgan fingerprint density at radius 2 is 1.85 bits per heavy atom. The minimum Gasteiger partial charge on any atom is -0.458 e. The molecule has 7 atom stereocenters. The summed E-state index contributed by atoms with van der Waals surface area (Å²) in [6.45, 7) is 5.08. The number of ketones is 1. The first-order valence-corrected chi connectivity index (χ1v) is 10.9. The summed E-state index contributed by atoms with van der Waals surface area (Å²) in [6.07, 6.45) is 10.2. The van der Waals surface area contributed by atoms with Crippen LogP contribution in [0.1, 0.15) is 71.6 Å². The standard InChI is InChI=1S/C23H32O4/c1-21-8-5-16(24)12-15(21)3-4-19-18(21)6-9-22(2)17(7-10-23(19,22)26)14-11-20(25)27-13-14/h11,15,17-19,26H,3-10,12-13H2,1-2H3/t15-,17-,18?,19?,21+,22-,23+/m1/s1. The lowest BCUT2D eigenvalue weighted by Gasteiger charge is -2.63. The Kier molecular flexibility index (Phi) is 3.77. The van der Waals surface area contributed by atoms with E-state index in [1.165, 1.54) is 0 Å². The Morgan fingerprint density at radius 3 is 2.59 bits per heavy atom. The number of hydrogen-bond donors (Lipinski definition) is 1. The van der Waals surface area contributed by atoms with Crippen LogP contribution in [0, 0.1) is 34.5 Å². The highest BCUT2D eigenvalue weighted by Gasteiger charge is 2.67. The van der Waals surface area contributed by atoms with Gasteiger partial charge in [-0.05, 0) is 79.6 Å². The van der Waals surface area contributed by atoms with Crippen LogP contribution < -0.4 is 0 Å². The molecule has 5 rings (SSSR count). The van der Waals surface area contributed by atoms with E-state index in [9.17, 15) is 14.7 Å². The Morgan fingerprint density at radius 1 is 1.04 bits per heavy atom. The highest BCUT2D eigenvalue weighted by Crippen LogP contribution is 2.69. The fourth-order valence-corrected chi connectivity index (χ4v) is 8.20. The van der Waals surface area contributed by atoms with Gasteiger partial charge in [0.25, 0.3) is 0 Å². The van der Waals surface area contributed by atoms with Crippen LogP contribution in [-0.4, -0.2) is 29.1 Å². The van der Waals surface area contributed by atoms with Gasteiger partial charge in [-0.2, -0.15) is 0 Å². The maximum absolute atomic E-state index is 12.1. The summed E-state index contributed by atoms with van der Waals surface area (Å²) < 4.78 is 5.19. The average molecular weight is 373 g/mol. The molecule has 2 unspecified atom stereocenters. The predicted octanol–water partition coefficient (Wildman–Crippen LogP) is 3.81. The molecular weight excluding hydrogens is 340 g/mol. The monoisotopic (exact) mass is 372 g/mol. The molecule has 0 aromatic carbocycles. The molecule has 148 valence electrons. The lowest BCUT2D eigenvalue weighted by molar-refractivity contribution is -0.203. The summed E-state index contributed by atoms with van der Waals surface area (Å²) in [7, 11) is 0. The summed E-state index contributed by atoms with van der Waals surface area (Å²) in [6, 6.07) is 0. The minimum atomic E-state index is -0.650. The van der Waals surface area contributed by atoms with Gasteiger partial charge >= 0.3 is 5.97 Å². The highest BCUT2D eigenvalue weighted by molar-refractivity contribution is 5.85. The predicted molar refractivity (Wildman–Crippen MR) is 101 cm³/mol. The SMILES string of the molecule is C[C@]12CCC(=O)C[C@H]1CCC1C2CC[C@]2(C)[C@@H](C3=CC(=O)OC3)CC[C@]12O. The van der Waals surface area contributed by atoms with Crippen LogP contribution in [0.4, 0.5) is 0 Å². The smallest absolute Gasteiger partial charge is 0.331 e. The van der Waals surface area contributed by atoms with Crippen LogP contribution in [0.5, 0.6) is 0 Å². The van der Waals surface area contributed by atoms with E-state index >= 15 is 0 Å². The van der Waals surface area contributed by atoms with E-state index in [1.54, 1.807) is 6.08 Å². The van der Waals surface area contributed by atoms with Crippen molar-refractivity contribution >= 4 is 11.8 Å². The largest absolute Gasteiger partial charge is 0.458 e. The van der Waals surface area contributed by atoms with Crippen molar-refractivity contribution in [2.45, 2.75) is 77.2 Å². The van der Waals surface area contributed by atoms with Crippen LogP contribution in [0.15, 0.2) is 11.6 Å². The Hall–Kier alpha value is -1.16. The topological polar surface area (TPSA) is 63.6 Å². The molecule has 0 aromatic rings. The van der Waals surface area contributed by atoms with Crippen LogP contribution >= 0.6 is 0 Å². The van der Waals surface area contributed by atoms with Gasteiger partial charge in [-0.3, -0.25) is 4.79 Å². The van der Waals surface area contributed by atoms with E-state index < -0.39 is 5.60 Å². The van der Waals surface area contributed by atoms with Crippen molar-refractivity contribution in [1.82, 2.24) is 0 Å². The average Bonchev–Trinajstić information content (AvgIpc) is 3.16. The zero-order chi connectivity index (χ0) is 19.0. The second-order valence-electron chi connectivity index (χ2n) is 10.5. The number of ether oxygens (including phenoxy) is 1. The number of carbonyl (C=O) groups excluding carboxylic acids is 2. The summed E-state index contributed by atoms with van der Waals surface area (Å²) in [5.74, 6) is 1.83. The van der Waals surface area contributed by atoms with Crippen molar-refractivity contribution in [1.29, 1.82) is 0 Å². The molecule has 5 aliphatic rings. The number of rotatable bonds is 1. The van der Waals surface area contributed by atoms with E-state index in [2.05, 4.69) is 13.8 Å². The van der Waals surface area contributed by atoms with E-state index in [0.717, 1.165) is 63.4 Å². The Balaban J connectivity index is 1.48. The van der Waals surface area contributed by atoms with E-state index in [1.807, 2.05) is 0 Å². The molecule has 4 fully saturated rings. The highest BCUT2D eigenvalue weighted by atomic mass is 16.5. The summed E-state index contributed by atoms with van der Waals surface area (Å²) in [5.41, 5.74) is 0.488. The van der Waals surface area contributed by atoms with Crippen molar-refractivity contribution in [3.63, 3.8) is 0 Å². The molecule has 1 heterocycles. The zero-order valence-electron chi connectivity index (χ0n) is 16.6. The molecule has 0 aromatic heterocycles. The molecule has 4 saturated carbocycles. The molecule has 27 heavy (non-hydrogen) atoms. The van der Waals surface area contributed by atoms with Gasteiger partial charge in [-0.25, -0.2) is 4.79 Å². The molecule has 0 saturated heterocycles. The second kappa shape index (κ2) is 5.68. The van der Waals surface area contributed by atoms with Gasteiger partial charge in [0.1, 0.15) is 12.4 Å². The second-order valence-corrected chi connectivity index (χ2v) is 10.5. The van der Waals surface area contributed by atoms with E-state index in [-0.39, 0.29) is 22.7 Å². The summed E-state index contributed by atoms with van der Waals surface area (Å²) in [5, 5.41) is 12.1. The maximum Gasteiger partial charge on any atom is 0.331 e. The molecule has 1 aliphatic heterocycles. The van der Waals surface area contributed by atoms with Crippen LogP contribution in [0.3, 0.4) is 0 Å². The first-order valence-electron chi connectivity index (χ1n) is 10.9. The van der Waals surface area contributed by atoms with Crippen molar-refractivity contribution < 1.29 is 19.4 Å². The molecule has 0 bridgehead atoms. The first-order chi connectivity index (χ1) is 12.8. The molecule has 4 nitrogen and oxygen atoms in total. The third-order valence-corrected chi connectivity index (χ3v) is 9.80. The van der Waals surface area contributed by atoms with Crippen LogP contribution in [-0.2, 0) is 14.3 Å². The number of aliphatic hydroxyl groups is 1. The molecular formula is C23H32O4. The van der Waals surface area contributed by atoms with E-state index in [0.29, 0.717) is 30.1 Å². The van der Waals surface area contributed by atoms with Gasteiger partial charge in [0.05, 0.1) is 5.60 Å². The van der Waals surface area contributed by atoms with Gasteiger partial charge < -0.3 is 9.84 Å². The molecule has 1 N–H and O–H groups in total. The van der Waals surface area contributed by atoms with Gasteiger partial charge in [-0.15, -0.1) is 0 Å². The third-order valence-electron chi connectivity index (χ3n) is 9.80. The van der Waals surface area contributed by atoms with E-state index in [4.69, 9.17) is 4.74 Å². The number of Topliss-reactive ketones (excluding diaryl/α,β-unsaturated/α-hetero) is 1. The van der Waals surface area contributed by atoms with Crippen molar-refractivity contribution in [2.24, 2.45) is 34.5 Å². The Labute approximate surface area is 161 Å². The summed E-state index contributed by atoms with van der Waals surface area (Å²) >= 11 is 0. The molecule has 4 aliphatic carbocycles. The number of fused-ring (bicyclic) bond motifs is 5. The van der Waals surface area contributed by atoms with Crippen molar-refractivity contribution in [2.75, 3.05) is 6.61 Å². The molecule has 0 amide bonds. The zero-order valence-corrected chi connectivity index (χ0v) is 16.6. The number of hydrogen-bond acceptors (Lipinski definition) is 4. The lowest BCUT2D eigenvalue weighted by atomic mass is 9.43. The van der Waals surface area contributed by atoms with Gasteiger partial charge in [-0.1, -0.05) is 13.8 Å². The number of cyclic esters (lactones) is 1. The van der Waals surface area contributed by atoms with Crippen molar-refractivity contribution in [3.8, 4) is 0 Å². The first kappa shape index (κ1) is 17.9. The van der Waals surface area contributed by atoms with Crippen molar-refractivity contribution in [3.05, 3.63) is 11.6 Å². The molecule has 0 spiro atoms. The molecule has 4 heteroatoms. The van der Waals surface area contributed by atoms with Gasteiger partial charge in [0.15, 0.2) is 0 Å². The minimum absolute atomic E-state index is 0.165. The van der Waals surface area contributed by atoms with Gasteiger partial charge in [0.2, 0.25) is 0 Å². The fourth-order valence-electron chi connectivity index (χ4n) is 8.20. The fraction of sp³-hybridized carbons (Fsp3) is 0.826. The number of esters is 1. The number of carbonyl (C=O) groups is 2. The maximum atomic E-state index is 12.1. The summed E-state index contributed by atoms with van der Waals surface area (Å²) in [4.78, 5) is 23.7. The van der Waals surface area contributed by atoms with Crippen LogP contribution in [0.2, 0.25) is 0 Å².